The Balaban J connectivity index is 1.58. The van der Waals surface area contributed by atoms with Gasteiger partial charge in [-0.2, -0.15) is 4.52 Å². The van der Waals surface area contributed by atoms with Crippen LogP contribution in [0.5, 0.6) is 17.2 Å². The third-order valence-electron chi connectivity index (χ3n) is 5.91. The van der Waals surface area contributed by atoms with E-state index in [0.29, 0.717) is 48.0 Å². The second kappa shape index (κ2) is 8.16. The first-order valence-corrected chi connectivity index (χ1v) is 10.5. The molecule has 0 bridgehead atoms. The van der Waals surface area contributed by atoms with Gasteiger partial charge in [-0.25, -0.2) is 9.97 Å². The topological polar surface area (TPSA) is 103 Å². The summed E-state index contributed by atoms with van der Waals surface area (Å²) in [5, 5.41) is 18.7. The van der Waals surface area contributed by atoms with E-state index >= 15 is 0 Å². The van der Waals surface area contributed by atoms with Gasteiger partial charge in [0, 0.05) is 29.5 Å². The highest BCUT2D eigenvalue weighted by Gasteiger charge is 2.32. The van der Waals surface area contributed by atoms with Gasteiger partial charge in [-0.05, 0) is 37.1 Å². The van der Waals surface area contributed by atoms with Gasteiger partial charge in [0.25, 0.3) is 0 Å². The summed E-state index contributed by atoms with van der Waals surface area (Å²) in [5.74, 6) is 3.53. The molecule has 9 heteroatoms. The van der Waals surface area contributed by atoms with Gasteiger partial charge in [0.2, 0.25) is 5.95 Å². The lowest BCUT2D eigenvalue weighted by atomic mass is 9.82. The molecular formula is C23H25N5O4. The average molecular weight is 435 g/mol. The van der Waals surface area contributed by atoms with Gasteiger partial charge in [-0.3, -0.25) is 0 Å². The summed E-state index contributed by atoms with van der Waals surface area (Å²) in [6.07, 6.45) is 1.08. The molecule has 0 atom stereocenters. The van der Waals surface area contributed by atoms with Crippen molar-refractivity contribution in [3.8, 4) is 17.2 Å². The number of fused-ring (bicyclic) bond motifs is 3. The molecule has 1 fully saturated rings. The number of aromatic nitrogens is 4. The smallest absolute Gasteiger partial charge is 0.226 e. The number of hydrogen-bond acceptors (Lipinski definition) is 8. The molecule has 0 radical (unpaired) electrons. The van der Waals surface area contributed by atoms with Crippen molar-refractivity contribution in [2.75, 3.05) is 26.6 Å². The minimum absolute atomic E-state index is 0.153. The van der Waals surface area contributed by atoms with E-state index in [2.05, 4.69) is 5.32 Å². The zero-order chi connectivity index (χ0) is 22.2. The molecule has 166 valence electrons. The number of ether oxygens (including phenoxy) is 3. The van der Waals surface area contributed by atoms with E-state index < -0.39 is 0 Å². The maximum absolute atomic E-state index is 9.72. The lowest BCUT2D eigenvalue weighted by Crippen LogP contribution is -2.27. The summed E-state index contributed by atoms with van der Waals surface area (Å²) < 4.78 is 18.1. The Bertz CT molecular complexity index is 1280. The highest BCUT2D eigenvalue weighted by Crippen LogP contribution is 2.36. The Morgan fingerprint density at radius 2 is 1.84 bits per heavy atom. The van der Waals surface area contributed by atoms with Gasteiger partial charge < -0.3 is 24.6 Å². The lowest BCUT2D eigenvalue weighted by molar-refractivity contribution is 0.0717. The Kier molecular flexibility index (Phi) is 5.18. The number of aliphatic hydroxyl groups is 1. The van der Waals surface area contributed by atoms with Crippen molar-refractivity contribution < 1.29 is 19.3 Å². The summed E-state index contributed by atoms with van der Waals surface area (Å²) in [7, 11) is 4.88. The molecule has 0 saturated heterocycles. The Morgan fingerprint density at radius 1 is 1.03 bits per heavy atom. The average Bonchev–Trinajstić information content (AvgIpc) is 3.25. The van der Waals surface area contributed by atoms with E-state index in [1.54, 1.807) is 25.8 Å². The van der Waals surface area contributed by atoms with Gasteiger partial charge in [0.05, 0.1) is 27.4 Å². The molecule has 0 unspecified atom stereocenters. The molecule has 2 aromatic carbocycles. The van der Waals surface area contributed by atoms with E-state index in [9.17, 15) is 5.11 Å². The van der Waals surface area contributed by atoms with Gasteiger partial charge in [-0.1, -0.05) is 6.07 Å². The minimum Gasteiger partial charge on any atom is -0.497 e. The van der Waals surface area contributed by atoms with Crippen LogP contribution in [-0.4, -0.2) is 52.1 Å². The third-order valence-corrected chi connectivity index (χ3v) is 5.91. The molecule has 1 aliphatic rings. The fourth-order valence-electron chi connectivity index (χ4n) is 4.04. The second-order valence-corrected chi connectivity index (χ2v) is 7.85. The quantitative estimate of drug-likeness (QED) is 0.456. The van der Waals surface area contributed by atoms with Crippen LogP contribution in [0.4, 0.5) is 5.95 Å². The summed E-state index contributed by atoms with van der Waals surface area (Å²) in [4.78, 5) is 9.63. The number of benzene rings is 2. The molecular weight excluding hydrogens is 410 g/mol. The summed E-state index contributed by atoms with van der Waals surface area (Å²) in [6, 6.07) is 11.4. The van der Waals surface area contributed by atoms with E-state index in [0.717, 1.165) is 22.5 Å². The predicted molar refractivity (Wildman–Crippen MR) is 120 cm³/mol. The SMILES string of the molecule is COc1ccc(CNc2nc3c(OC)cccc3c3nc(C4CC(O)C4)nn23)c(OC)c1. The van der Waals surface area contributed by atoms with E-state index in [1.807, 2.05) is 36.4 Å². The molecule has 5 rings (SSSR count). The molecule has 2 aromatic heterocycles. The van der Waals surface area contributed by atoms with Crippen molar-refractivity contribution in [2.45, 2.75) is 31.4 Å². The number of rotatable bonds is 7. The first-order chi connectivity index (χ1) is 15.6. The number of anilines is 1. The van der Waals surface area contributed by atoms with E-state index in [-0.39, 0.29) is 12.0 Å². The Labute approximate surface area is 185 Å². The minimum atomic E-state index is -0.276. The summed E-state index contributed by atoms with van der Waals surface area (Å²) in [5.41, 5.74) is 2.36. The van der Waals surface area contributed by atoms with Crippen molar-refractivity contribution >= 4 is 22.5 Å². The van der Waals surface area contributed by atoms with Crippen LogP contribution in [-0.2, 0) is 6.54 Å². The molecule has 0 spiro atoms. The normalized spacial score (nSPS) is 17.9. The number of para-hydroxylation sites is 1. The first kappa shape index (κ1) is 20.3. The molecule has 2 N–H and O–H groups in total. The molecule has 4 aromatic rings. The molecule has 2 heterocycles. The molecule has 1 saturated carbocycles. The zero-order valence-corrected chi connectivity index (χ0v) is 18.2. The monoisotopic (exact) mass is 435 g/mol. The molecule has 1 aliphatic carbocycles. The standard InChI is InChI=1S/C23H25N5O4/c1-30-16-8-7-13(19(11-16)32-3)12-24-23-25-20-17(5-4-6-18(20)31-2)22-26-21(27-28(22)23)14-9-15(29)10-14/h4-8,11,14-15,29H,9-10,12H2,1-3H3,(H,24,25). The molecule has 0 amide bonds. The van der Waals surface area contributed by atoms with Crippen LogP contribution in [0.15, 0.2) is 36.4 Å². The summed E-state index contributed by atoms with van der Waals surface area (Å²) in [6.45, 7) is 0.466. The highest BCUT2D eigenvalue weighted by atomic mass is 16.5. The summed E-state index contributed by atoms with van der Waals surface area (Å²) >= 11 is 0. The fraction of sp³-hybridized carbons (Fsp3) is 0.348. The maximum Gasteiger partial charge on any atom is 0.226 e. The molecule has 9 nitrogen and oxygen atoms in total. The number of nitrogens with zero attached hydrogens (tertiary/aromatic N) is 4. The van der Waals surface area contributed by atoms with Crippen LogP contribution >= 0.6 is 0 Å². The second-order valence-electron chi connectivity index (χ2n) is 7.85. The van der Waals surface area contributed by atoms with Crippen molar-refractivity contribution in [1.29, 1.82) is 0 Å². The van der Waals surface area contributed by atoms with Gasteiger partial charge >= 0.3 is 0 Å². The maximum atomic E-state index is 9.72. The van der Waals surface area contributed by atoms with E-state index in [4.69, 9.17) is 29.3 Å². The van der Waals surface area contributed by atoms with Crippen molar-refractivity contribution in [3.05, 3.63) is 47.8 Å². The van der Waals surface area contributed by atoms with Crippen LogP contribution in [0.2, 0.25) is 0 Å². The Morgan fingerprint density at radius 3 is 2.56 bits per heavy atom. The van der Waals surface area contributed by atoms with Gasteiger partial charge in [0.1, 0.15) is 22.8 Å². The van der Waals surface area contributed by atoms with Crippen molar-refractivity contribution in [2.24, 2.45) is 0 Å². The highest BCUT2D eigenvalue weighted by molar-refractivity contribution is 5.96. The van der Waals surface area contributed by atoms with Gasteiger partial charge in [-0.15, -0.1) is 5.10 Å². The third kappa shape index (κ3) is 3.44. The van der Waals surface area contributed by atoms with E-state index in [1.165, 1.54) is 0 Å². The predicted octanol–water partition coefficient (Wildman–Crippen LogP) is 3.15. The Hall–Kier alpha value is -3.59. The number of methoxy groups -OCH3 is 3. The van der Waals surface area contributed by atoms with Crippen LogP contribution < -0.4 is 19.5 Å². The number of nitrogens with one attached hydrogen (secondary N) is 1. The number of hydrogen-bond donors (Lipinski definition) is 2. The zero-order valence-electron chi connectivity index (χ0n) is 18.2. The van der Waals surface area contributed by atoms with Crippen molar-refractivity contribution in [1.82, 2.24) is 19.6 Å². The number of aliphatic hydroxyl groups excluding tert-OH is 1. The molecule has 32 heavy (non-hydrogen) atoms. The van der Waals surface area contributed by atoms with Crippen LogP contribution in [0.3, 0.4) is 0 Å². The largest absolute Gasteiger partial charge is 0.497 e. The fourth-order valence-corrected chi connectivity index (χ4v) is 4.04. The van der Waals surface area contributed by atoms with Gasteiger partial charge in [0.15, 0.2) is 11.5 Å². The molecule has 0 aliphatic heterocycles. The lowest BCUT2D eigenvalue weighted by Gasteiger charge is -2.28. The van der Waals surface area contributed by atoms with Crippen LogP contribution in [0.1, 0.15) is 30.1 Å². The van der Waals surface area contributed by atoms with Crippen LogP contribution in [0.25, 0.3) is 16.6 Å². The first-order valence-electron chi connectivity index (χ1n) is 10.5. The van der Waals surface area contributed by atoms with Crippen LogP contribution in [0, 0.1) is 0 Å². The van der Waals surface area contributed by atoms with Crippen molar-refractivity contribution in [3.63, 3.8) is 0 Å².